The molecule has 142 valence electrons. The number of fused-ring (bicyclic) bond motifs is 1. The van der Waals surface area contributed by atoms with E-state index in [4.69, 9.17) is 0 Å². The summed E-state index contributed by atoms with van der Waals surface area (Å²) in [6.07, 6.45) is 1.94. The van der Waals surface area contributed by atoms with Crippen molar-refractivity contribution in [3.05, 3.63) is 71.3 Å². The Balaban J connectivity index is 1.57. The number of nitrogens with one attached hydrogen (secondary N) is 1. The van der Waals surface area contributed by atoms with Crippen molar-refractivity contribution in [2.24, 2.45) is 0 Å². The van der Waals surface area contributed by atoms with Crippen LogP contribution in [0.5, 0.6) is 0 Å². The van der Waals surface area contributed by atoms with Gasteiger partial charge in [0.1, 0.15) is 6.04 Å². The number of hydrogen-bond acceptors (Lipinski definition) is 3. The SMILES string of the molecule is CC(NC(CCc1ccccc1)C(=O)O)C(=O)N1CCc2ccccc2C1. The highest BCUT2D eigenvalue weighted by Gasteiger charge is 2.28. The van der Waals surface area contributed by atoms with Crippen LogP contribution >= 0.6 is 0 Å². The topological polar surface area (TPSA) is 69.6 Å². The van der Waals surface area contributed by atoms with Crippen molar-refractivity contribution in [1.82, 2.24) is 10.2 Å². The van der Waals surface area contributed by atoms with E-state index in [1.165, 1.54) is 11.1 Å². The first-order valence-corrected chi connectivity index (χ1v) is 9.43. The Bertz CT molecular complexity index is 791. The molecule has 5 nitrogen and oxygen atoms in total. The van der Waals surface area contributed by atoms with E-state index in [-0.39, 0.29) is 5.91 Å². The molecule has 27 heavy (non-hydrogen) atoms. The Morgan fingerprint density at radius 1 is 1.07 bits per heavy atom. The van der Waals surface area contributed by atoms with Gasteiger partial charge < -0.3 is 10.0 Å². The van der Waals surface area contributed by atoms with Gasteiger partial charge in [0, 0.05) is 13.1 Å². The fourth-order valence-electron chi connectivity index (χ4n) is 3.56. The molecule has 2 aromatic carbocycles. The molecular formula is C22H26N2O3. The van der Waals surface area contributed by atoms with Crippen molar-refractivity contribution < 1.29 is 14.7 Å². The lowest BCUT2D eigenvalue weighted by molar-refractivity contribution is -0.140. The van der Waals surface area contributed by atoms with Gasteiger partial charge in [-0.25, -0.2) is 0 Å². The number of carbonyl (C=O) groups is 2. The third-order valence-electron chi connectivity index (χ3n) is 5.13. The van der Waals surface area contributed by atoms with E-state index < -0.39 is 18.1 Å². The zero-order chi connectivity index (χ0) is 19.2. The number of nitrogens with zero attached hydrogens (tertiary/aromatic N) is 1. The Hall–Kier alpha value is -2.66. The number of carboxylic acids is 1. The molecule has 0 bridgehead atoms. The van der Waals surface area contributed by atoms with Crippen LogP contribution in [0.4, 0.5) is 0 Å². The molecule has 1 aliphatic heterocycles. The second-order valence-electron chi connectivity index (χ2n) is 7.08. The van der Waals surface area contributed by atoms with Crippen LogP contribution in [0.15, 0.2) is 54.6 Å². The maximum Gasteiger partial charge on any atom is 0.320 e. The van der Waals surface area contributed by atoms with Gasteiger partial charge in [0.15, 0.2) is 0 Å². The molecule has 0 fully saturated rings. The molecule has 2 unspecified atom stereocenters. The van der Waals surface area contributed by atoms with Crippen molar-refractivity contribution in [3.8, 4) is 0 Å². The first-order valence-electron chi connectivity index (χ1n) is 9.43. The number of carbonyl (C=O) groups excluding carboxylic acids is 1. The van der Waals surface area contributed by atoms with E-state index in [2.05, 4.69) is 11.4 Å². The summed E-state index contributed by atoms with van der Waals surface area (Å²) in [6.45, 7) is 3.01. The Morgan fingerprint density at radius 3 is 2.44 bits per heavy atom. The van der Waals surface area contributed by atoms with Crippen molar-refractivity contribution >= 4 is 11.9 Å². The molecule has 0 radical (unpaired) electrons. The van der Waals surface area contributed by atoms with Crippen LogP contribution in [-0.4, -0.2) is 40.5 Å². The fraction of sp³-hybridized carbons (Fsp3) is 0.364. The van der Waals surface area contributed by atoms with Crippen LogP contribution in [0.25, 0.3) is 0 Å². The standard InChI is InChI=1S/C22H26N2O3/c1-16(21(25)24-14-13-18-9-5-6-10-19(18)15-24)23-20(22(26)27)12-11-17-7-3-2-4-8-17/h2-10,16,20,23H,11-15H2,1H3,(H,26,27). The van der Waals surface area contributed by atoms with Crippen molar-refractivity contribution in [1.29, 1.82) is 0 Å². The highest BCUT2D eigenvalue weighted by molar-refractivity contribution is 5.83. The minimum Gasteiger partial charge on any atom is -0.480 e. The molecule has 1 aliphatic rings. The molecule has 0 spiro atoms. The summed E-state index contributed by atoms with van der Waals surface area (Å²) in [5.74, 6) is -0.968. The van der Waals surface area contributed by atoms with E-state index in [9.17, 15) is 14.7 Å². The smallest absolute Gasteiger partial charge is 0.320 e. The second kappa shape index (κ2) is 8.82. The molecule has 0 saturated carbocycles. The van der Waals surface area contributed by atoms with Gasteiger partial charge in [0.2, 0.25) is 5.91 Å². The summed E-state index contributed by atoms with van der Waals surface area (Å²) in [5.41, 5.74) is 3.55. The van der Waals surface area contributed by atoms with Gasteiger partial charge in [-0.05, 0) is 42.9 Å². The first-order chi connectivity index (χ1) is 13.0. The van der Waals surface area contributed by atoms with Crippen LogP contribution in [0.1, 0.15) is 30.0 Å². The maximum absolute atomic E-state index is 12.8. The molecule has 2 N–H and O–H groups in total. The lowest BCUT2D eigenvalue weighted by Gasteiger charge is -2.32. The van der Waals surface area contributed by atoms with Gasteiger partial charge in [-0.3, -0.25) is 14.9 Å². The predicted octanol–water partition coefficient (Wildman–Crippen LogP) is 2.64. The molecule has 0 aromatic heterocycles. The Labute approximate surface area is 160 Å². The minimum atomic E-state index is -0.922. The largest absolute Gasteiger partial charge is 0.480 e. The summed E-state index contributed by atoms with van der Waals surface area (Å²) < 4.78 is 0. The summed E-state index contributed by atoms with van der Waals surface area (Å²) in [4.78, 5) is 26.3. The van der Waals surface area contributed by atoms with Gasteiger partial charge in [-0.1, -0.05) is 54.6 Å². The van der Waals surface area contributed by atoms with Gasteiger partial charge in [-0.2, -0.15) is 0 Å². The van der Waals surface area contributed by atoms with E-state index in [1.807, 2.05) is 53.4 Å². The molecule has 1 heterocycles. The lowest BCUT2D eigenvalue weighted by atomic mass is 9.99. The maximum atomic E-state index is 12.8. The Morgan fingerprint density at radius 2 is 1.74 bits per heavy atom. The average molecular weight is 366 g/mol. The van der Waals surface area contributed by atoms with E-state index in [0.717, 1.165) is 12.0 Å². The third kappa shape index (κ3) is 4.95. The van der Waals surface area contributed by atoms with Crippen LogP contribution in [0, 0.1) is 0 Å². The van der Waals surface area contributed by atoms with Crippen molar-refractivity contribution in [2.45, 2.75) is 44.8 Å². The second-order valence-corrected chi connectivity index (χ2v) is 7.08. The van der Waals surface area contributed by atoms with Gasteiger partial charge in [0.05, 0.1) is 6.04 Å². The van der Waals surface area contributed by atoms with Crippen molar-refractivity contribution in [2.75, 3.05) is 6.54 Å². The van der Waals surface area contributed by atoms with Gasteiger partial charge in [-0.15, -0.1) is 0 Å². The number of carboxylic acid groups (broad SMARTS) is 1. The summed E-state index contributed by atoms with van der Waals surface area (Å²) in [7, 11) is 0. The third-order valence-corrected chi connectivity index (χ3v) is 5.13. The number of amides is 1. The predicted molar refractivity (Wildman–Crippen MR) is 104 cm³/mol. The number of hydrogen-bond donors (Lipinski definition) is 2. The van der Waals surface area contributed by atoms with Crippen LogP contribution in [0.3, 0.4) is 0 Å². The highest BCUT2D eigenvalue weighted by Crippen LogP contribution is 2.19. The summed E-state index contributed by atoms with van der Waals surface area (Å²) in [6, 6.07) is 16.7. The zero-order valence-corrected chi connectivity index (χ0v) is 15.6. The molecule has 2 atom stereocenters. The van der Waals surface area contributed by atoms with Crippen LogP contribution < -0.4 is 5.32 Å². The molecular weight excluding hydrogens is 340 g/mol. The zero-order valence-electron chi connectivity index (χ0n) is 15.6. The van der Waals surface area contributed by atoms with Gasteiger partial charge in [0.25, 0.3) is 0 Å². The minimum absolute atomic E-state index is 0.0459. The first kappa shape index (κ1) is 19.1. The lowest BCUT2D eigenvalue weighted by Crippen LogP contribution is -2.51. The van der Waals surface area contributed by atoms with Crippen LogP contribution in [0.2, 0.25) is 0 Å². The molecule has 2 aromatic rings. The number of rotatable bonds is 7. The molecule has 0 saturated heterocycles. The molecule has 3 rings (SSSR count). The number of aliphatic carboxylic acids is 1. The molecule has 0 aliphatic carbocycles. The van der Waals surface area contributed by atoms with E-state index in [1.54, 1.807) is 6.92 Å². The van der Waals surface area contributed by atoms with E-state index in [0.29, 0.717) is 25.9 Å². The van der Waals surface area contributed by atoms with Gasteiger partial charge >= 0.3 is 5.97 Å². The molecule has 1 amide bonds. The molecule has 5 heteroatoms. The quantitative estimate of drug-likeness (QED) is 0.790. The average Bonchev–Trinajstić information content (AvgIpc) is 2.70. The van der Waals surface area contributed by atoms with E-state index >= 15 is 0 Å². The summed E-state index contributed by atoms with van der Waals surface area (Å²) >= 11 is 0. The normalized spacial score (nSPS) is 15.7. The van der Waals surface area contributed by atoms with Crippen LogP contribution in [-0.2, 0) is 29.0 Å². The Kier molecular flexibility index (Phi) is 6.24. The number of benzene rings is 2. The highest BCUT2D eigenvalue weighted by atomic mass is 16.4. The van der Waals surface area contributed by atoms with Crippen molar-refractivity contribution in [3.63, 3.8) is 0 Å². The summed E-state index contributed by atoms with van der Waals surface area (Å²) in [5, 5.41) is 12.6. The monoisotopic (exact) mass is 366 g/mol. The number of aryl methyl sites for hydroxylation is 1. The fourth-order valence-corrected chi connectivity index (χ4v) is 3.56.